The number of methoxy groups -OCH3 is 1. The number of ether oxygens (including phenoxy) is 1. The van der Waals surface area contributed by atoms with Crippen molar-refractivity contribution in [3.05, 3.63) is 28.8 Å². The quantitative estimate of drug-likeness (QED) is 0.826. The van der Waals surface area contributed by atoms with E-state index in [4.69, 9.17) is 16.3 Å². The van der Waals surface area contributed by atoms with E-state index in [9.17, 15) is 5.11 Å². The summed E-state index contributed by atoms with van der Waals surface area (Å²) in [5, 5.41) is 9.81. The molecule has 18 heavy (non-hydrogen) atoms. The van der Waals surface area contributed by atoms with Crippen molar-refractivity contribution in [1.82, 2.24) is 4.90 Å². The first-order valence-corrected chi connectivity index (χ1v) is 6.66. The topological polar surface area (TPSA) is 32.7 Å². The van der Waals surface area contributed by atoms with E-state index in [-0.39, 0.29) is 5.75 Å². The molecule has 0 saturated carbocycles. The molecule has 1 atom stereocenters. The summed E-state index contributed by atoms with van der Waals surface area (Å²) in [5.41, 5.74) is 1.11. The number of nitrogens with zero attached hydrogens (tertiary/aromatic N) is 1. The van der Waals surface area contributed by atoms with E-state index in [0.717, 1.165) is 31.7 Å². The molecule has 0 aromatic heterocycles. The zero-order valence-corrected chi connectivity index (χ0v) is 12.1. The van der Waals surface area contributed by atoms with E-state index in [0.29, 0.717) is 11.1 Å². The van der Waals surface area contributed by atoms with Gasteiger partial charge < -0.3 is 9.84 Å². The van der Waals surface area contributed by atoms with Crippen molar-refractivity contribution in [3.63, 3.8) is 0 Å². The Morgan fingerprint density at radius 3 is 2.72 bits per heavy atom. The second-order valence-corrected chi connectivity index (χ2v) is 4.91. The van der Waals surface area contributed by atoms with Gasteiger partial charge in [0.25, 0.3) is 0 Å². The normalized spacial score (nSPS) is 12.9. The number of halogens is 1. The zero-order valence-electron chi connectivity index (χ0n) is 11.3. The van der Waals surface area contributed by atoms with Gasteiger partial charge in [-0.3, -0.25) is 4.90 Å². The van der Waals surface area contributed by atoms with Crippen LogP contribution in [0.3, 0.4) is 0 Å². The van der Waals surface area contributed by atoms with Crippen molar-refractivity contribution < 1.29 is 9.84 Å². The molecule has 1 aromatic carbocycles. The average molecular weight is 272 g/mol. The summed E-state index contributed by atoms with van der Waals surface area (Å²) in [6.45, 7) is 6.81. The first kappa shape index (κ1) is 15.3. The highest BCUT2D eigenvalue weighted by atomic mass is 35.5. The highest BCUT2D eigenvalue weighted by molar-refractivity contribution is 6.32. The average Bonchev–Trinajstić information content (AvgIpc) is 2.37. The Bertz CT molecular complexity index is 371. The molecule has 0 radical (unpaired) electrons. The van der Waals surface area contributed by atoms with Gasteiger partial charge in [-0.15, -0.1) is 0 Å². The van der Waals surface area contributed by atoms with Gasteiger partial charge in [-0.05, 0) is 31.0 Å². The fourth-order valence-electron chi connectivity index (χ4n) is 1.81. The maximum atomic E-state index is 9.41. The number of rotatable bonds is 7. The Hall–Kier alpha value is -0.770. The van der Waals surface area contributed by atoms with Gasteiger partial charge in [0.2, 0.25) is 0 Å². The lowest BCUT2D eigenvalue weighted by molar-refractivity contribution is 0.118. The van der Waals surface area contributed by atoms with Crippen molar-refractivity contribution in [1.29, 1.82) is 0 Å². The van der Waals surface area contributed by atoms with E-state index in [2.05, 4.69) is 18.7 Å². The molecule has 1 N–H and O–H groups in total. The first-order valence-electron chi connectivity index (χ1n) is 6.28. The van der Waals surface area contributed by atoms with Crippen LogP contribution in [0.2, 0.25) is 5.02 Å². The summed E-state index contributed by atoms with van der Waals surface area (Å²) in [7, 11) is 1.71. The third kappa shape index (κ3) is 4.48. The molecule has 3 nitrogen and oxygen atoms in total. The Kier molecular flexibility index (Phi) is 6.47. The van der Waals surface area contributed by atoms with Crippen molar-refractivity contribution in [2.75, 3.05) is 20.3 Å². The number of phenols is 1. The van der Waals surface area contributed by atoms with E-state index in [1.54, 1.807) is 13.2 Å². The fourth-order valence-corrected chi connectivity index (χ4v) is 2.01. The molecule has 0 amide bonds. The van der Waals surface area contributed by atoms with Gasteiger partial charge in [0, 0.05) is 26.2 Å². The van der Waals surface area contributed by atoms with Gasteiger partial charge in [-0.25, -0.2) is 0 Å². The monoisotopic (exact) mass is 271 g/mol. The molecule has 0 aliphatic rings. The summed E-state index contributed by atoms with van der Waals surface area (Å²) in [5.74, 6) is 0.132. The number of phenolic OH excluding ortho intramolecular Hbond substituents is 1. The molecule has 4 heteroatoms. The summed E-state index contributed by atoms with van der Waals surface area (Å²) >= 11 is 5.92. The van der Waals surface area contributed by atoms with Gasteiger partial charge in [-0.2, -0.15) is 0 Å². The van der Waals surface area contributed by atoms with Crippen molar-refractivity contribution >= 4 is 11.6 Å². The predicted molar refractivity (Wildman–Crippen MR) is 75.2 cm³/mol. The Morgan fingerprint density at radius 2 is 2.17 bits per heavy atom. The highest BCUT2D eigenvalue weighted by Gasteiger charge is 2.13. The Labute approximate surface area is 114 Å². The molecular formula is C14H22ClNO2. The van der Waals surface area contributed by atoms with Crippen LogP contribution in [-0.2, 0) is 11.3 Å². The third-order valence-electron chi connectivity index (χ3n) is 3.19. The Morgan fingerprint density at radius 1 is 1.44 bits per heavy atom. The smallest absolute Gasteiger partial charge is 0.134 e. The molecule has 0 aliphatic carbocycles. The van der Waals surface area contributed by atoms with Crippen molar-refractivity contribution in [2.45, 2.75) is 32.9 Å². The molecule has 0 bridgehead atoms. The van der Waals surface area contributed by atoms with Crippen LogP contribution in [0.15, 0.2) is 18.2 Å². The number of benzene rings is 1. The van der Waals surface area contributed by atoms with Crippen molar-refractivity contribution in [3.8, 4) is 5.75 Å². The lowest BCUT2D eigenvalue weighted by Crippen LogP contribution is -2.34. The maximum absolute atomic E-state index is 9.41. The van der Waals surface area contributed by atoms with Gasteiger partial charge in [-0.1, -0.05) is 24.6 Å². The molecule has 0 aliphatic heterocycles. The van der Waals surface area contributed by atoms with E-state index >= 15 is 0 Å². The van der Waals surface area contributed by atoms with Crippen LogP contribution in [0.1, 0.15) is 25.8 Å². The molecule has 1 aromatic rings. The van der Waals surface area contributed by atoms with Crippen LogP contribution in [0.4, 0.5) is 0 Å². The molecule has 0 saturated heterocycles. The maximum Gasteiger partial charge on any atom is 0.134 e. The number of hydrogen-bond donors (Lipinski definition) is 1. The van der Waals surface area contributed by atoms with Gasteiger partial charge in [0.05, 0.1) is 11.6 Å². The second kappa shape index (κ2) is 7.62. The molecule has 102 valence electrons. The largest absolute Gasteiger partial charge is 0.506 e. The highest BCUT2D eigenvalue weighted by Crippen LogP contribution is 2.24. The summed E-state index contributed by atoms with van der Waals surface area (Å²) in [4.78, 5) is 2.35. The molecule has 1 rings (SSSR count). The van der Waals surface area contributed by atoms with Crippen LogP contribution in [0, 0.1) is 0 Å². The second-order valence-electron chi connectivity index (χ2n) is 4.51. The van der Waals surface area contributed by atoms with Crippen molar-refractivity contribution in [2.24, 2.45) is 0 Å². The number of hydrogen-bond acceptors (Lipinski definition) is 3. The van der Waals surface area contributed by atoms with Crippen LogP contribution < -0.4 is 0 Å². The molecule has 0 fully saturated rings. The lowest BCUT2D eigenvalue weighted by atomic mass is 10.1. The number of aromatic hydroxyl groups is 1. The van der Waals surface area contributed by atoms with Crippen LogP contribution in [-0.4, -0.2) is 36.3 Å². The zero-order chi connectivity index (χ0) is 13.5. The summed E-state index contributed by atoms with van der Waals surface area (Å²) in [6, 6.07) is 5.86. The molecule has 1 unspecified atom stereocenters. The summed E-state index contributed by atoms with van der Waals surface area (Å²) < 4.78 is 5.14. The van der Waals surface area contributed by atoms with Crippen LogP contribution in [0.25, 0.3) is 0 Å². The van der Waals surface area contributed by atoms with E-state index in [1.807, 2.05) is 12.1 Å². The fraction of sp³-hybridized carbons (Fsp3) is 0.571. The minimum absolute atomic E-state index is 0.132. The third-order valence-corrected chi connectivity index (χ3v) is 3.50. The predicted octanol–water partition coefficient (Wildman–Crippen LogP) is 3.29. The molecular weight excluding hydrogens is 250 g/mol. The molecule has 0 heterocycles. The molecule has 0 spiro atoms. The standard InChI is InChI=1S/C14H22ClNO2/c1-4-11(2)16(7-8-18-3)10-12-5-6-14(17)13(15)9-12/h5-6,9,11,17H,4,7-8,10H2,1-3H3. The van der Waals surface area contributed by atoms with Gasteiger partial charge in [0.15, 0.2) is 0 Å². The summed E-state index contributed by atoms with van der Waals surface area (Å²) in [6.07, 6.45) is 1.09. The van der Waals surface area contributed by atoms with Gasteiger partial charge >= 0.3 is 0 Å². The van der Waals surface area contributed by atoms with Crippen LogP contribution >= 0.6 is 11.6 Å². The van der Waals surface area contributed by atoms with Gasteiger partial charge in [0.1, 0.15) is 5.75 Å². The SMILES string of the molecule is CCC(C)N(CCOC)Cc1ccc(O)c(Cl)c1. The first-order chi connectivity index (χ1) is 8.58. The van der Waals surface area contributed by atoms with E-state index in [1.165, 1.54) is 0 Å². The van der Waals surface area contributed by atoms with Crippen LogP contribution in [0.5, 0.6) is 5.75 Å². The Balaban J connectivity index is 2.71. The minimum atomic E-state index is 0.132. The van der Waals surface area contributed by atoms with E-state index < -0.39 is 0 Å². The minimum Gasteiger partial charge on any atom is -0.506 e. The lowest BCUT2D eigenvalue weighted by Gasteiger charge is -2.28.